The van der Waals surface area contributed by atoms with E-state index in [4.69, 9.17) is 16.1 Å². The van der Waals surface area contributed by atoms with Gasteiger partial charge in [-0.05, 0) is 18.6 Å². The van der Waals surface area contributed by atoms with Crippen molar-refractivity contribution in [2.45, 2.75) is 19.8 Å². The summed E-state index contributed by atoms with van der Waals surface area (Å²) in [7, 11) is 0. The summed E-state index contributed by atoms with van der Waals surface area (Å²) in [5.41, 5.74) is 0.458. The molecule has 21 heavy (non-hydrogen) atoms. The van der Waals surface area contributed by atoms with E-state index in [1.165, 1.54) is 12.4 Å². The molecular weight excluding hydrogens is 294 g/mol. The predicted molar refractivity (Wildman–Crippen MR) is 78.4 cm³/mol. The van der Waals surface area contributed by atoms with Gasteiger partial charge < -0.3 is 15.2 Å². The summed E-state index contributed by atoms with van der Waals surface area (Å²) in [6.07, 6.45) is 2.76. The summed E-state index contributed by atoms with van der Waals surface area (Å²) in [5.74, 6) is 0.845. The minimum absolute atomic E-state index is 0.224. The van der Waals surface area contributed by atoms with E-state index in [9.17, 15) is 4.79 Å². The Morgan fingerprint density at radius 2 is 2.24 bits per heavy atom. The number of aromatic nitrogens is 3. The van der Waals surface area contributed by atoms with Crippen LogP contribution in [0, 0.1) is 0 Å². The average Bonchev–Trinajstić information content (AvgIpc) is 2.97. The smallest absolute Gasteiger partial charge is 0.251 e. The monoisotopic (exact) mass is 309 g/mol. The standard InChI is InChI=1S/C13H16ClN5O2/c1-2-4-15-11-7-9(6-10(14)19-11)13(20)16-5-3-12-17-8-18-21-12/h6-8H,2-5H2,1H3,(H,15,19)(H,16,20). The number of carbonyl (C=O) groups is 1. The Balaban J connectivity index is 1.93. The van der Waals surface area contributed by atoms with Crippen molar-refractivity contribution in [3.63, 3.8) is 0 Å². The average molecular weight is 310 g/mol. The summed E-state index contributed by atoms with van der Waals surface area (Å²) >= 11 is 5.92. The molecule has 0 bridgehead atoms. The Morgan fingerprint density at radius 1 is 1.38 bits per heavy atom. The number of nitrogens with one attached hydrogen (secondary N) is 2. The molecule has 0 saturated heterocycles. The number of rotatable bonds is 7. The lowest BCUT2D eigenvalue weighted by atomic mass is 10.2. The molecular formula is C13H16ClN5O2. The summed E-state index contributed by atoms with van der Waals surface area (Å²) in [5, 5.41) is 9.64. The van der Waals surface area contributed by atoms with Gasteiger partial charge in [0.1, 0.15) is 11.0 Å². The first kappa shape index (κ1) is 15.2. The molecule has 2 aromatic heterocycles. The highest BCUT2D eigenvalue weighted by atomic mass is 35.5. The highest BCUT2D eigenvalue weighted by Crippen LogP contribution is 2.14. The van der Waals surface area contributed by atoms with Gasteiger partial charge in [0.05, 0.1) is 0 Å². The van der Waals surface area contributed by atoms with Crippen molar-refractivity contribution < 1.29 is 9.32 Å². The molecule has 0 radical (unpaired) electrons. The van der Waals surface area contributed by atoms with Gasteiger partial charge in [0.15, 0.2) is 6.33 Å². The van der Waals surface area contributed by atoms with Crippen molar-refractivity contribution in [3.8, 4) is 0 Å². The molecule has 7 nitrogen and oxygen atoms in total. The molecule has 2 N–H and O–H groups in total. The molecule has 8 heteroatoms. The normalized spacial score (nSPS) is 10.4. The van der Waals surface area contributed by atoms with Gasteiger partial charge in [0.25, 0.3) is 5.91 Å². The van der Waals surface area contributed by atoms with Crippen LogP contribution in [0.5, 0.6) is 0 Å². The molecule has 0 aliphatic heterocycles. The zero-order valence-corrected chi connectivity index (χ0v) is 12.4. The molecule has 2 rings (SSSR count). The SMILES string of the molecule is CCCNc1cc(C(=O)NCCc2ncno2)cc(Cl)n1. The van der Waals surface area contributed by atoms with Gasteiger partial charge in [-0.1, -0.05) is 23.7 Å². The first-order chi connectivity index (χ1) is 10.2. The zero-order valence-electron chi connectivity index (χ0n) is 11.6. The largest absolute Gasteiger partial charge is 0.370 e. The van der Waals surface area contributed by atoms with E-state index in [-0.39, 0.29) is 11.1 Å². The number of hydrogen-bond donors (Lipinski definition) is 2. The fourth-order valence-corrected chi connectivity index (χ4v) is 1.87. The van der Waals surface area contributed by atoms with Gasteiger partial charge in [0, 0.05) is 25.1 Å². The minimum atomic E-state index is -0.224. The topological polar surface area (TPSA) is 92.9 Å². The number of halogens is 1. The van der Waals surface area contributed by atoms with Crippen molar-refractivity contribution >= 4 is 23.3 Å². The molecule has 0 aliphatic carbocycles. The highest BCUT2D eigenvalue weighted by molar-refractivity contribution is 6.29. The second-order valence-electron chi connectivity index (χ2n) is 4.33. The third-order valence-electron chi connectivity index (χ3n) is 2.64. The number of nitrogens with zero attached hydrogens (tertiary/aromatic N) is 3. The number of anilines is 1. The summed E-state index contributed by atoms with van der Waals surface area (Å²) in [6, 6.07) is 3.20. The Kier molecular flexibility index (Phi) is 5.51. The van der Waals surface area contributed by atoms with Gasteiger partial charge in [0.2, 0.25) is 5.89 Å². The van der Waals surface area contributed by atoms with Crippen LogP contribution in [0.1, 0.15) is 29.6 Å². The van der Waals surface area contributed by atoms with E-state index in [1.807, 2.05) is 6.92 Å². The van der Waals surface area contributed by atoms with Gasteiger partial charge in [-0.3, -0.25) is 4.79 Å². The van der Waals surface area contributed by atoms with E-state index in [2.05, 4.69) is 25.8 Å². The maximum absolute atomic E-state index is 12.1. The summed E-state index contributed by atoms with van der Waals surface area (Å²) < 4.78 is 4.85. The van der Waals surface area contributed by atoms with Crippen molar-refractivity contribution in [1.29, 1.82) is 0 Å². The van der Waals surface area contributed by atoms with Crippen LogP contribution in [0.25, 0.3) is 0 Å². The van der Waals surface area contributed by atoms with Crippen LogP contribution in [-0.4, -0.2) is 34.1 Å². The molecule has 0 fully saturated rings. The van der Waals surface area contributed by atoms with E-state index >= 15 is 0 Å². The van der Waals surface area contributed by atoms with Crippen molar-refractivity contribution in [3.05, 3.63) is 35.1 Å². The van der Waals surface area contributed by atoms with Crippen molar-refractivity contribution in [2.24, 2.45) is 0 Å². The van der Waals surface area contributed by atoms with Crippen LogP contribution in [0.2, 0.25) is 5.15 Å². The third-order valence-corrected chi connectivity index (χ3v) is 2.84. The van der Waals surface area contributed by atoms with E-state index in [1.54, 1.807) is 6.07 Å². The third kappa shape index (κ3) is 4.71. The van der Waals surface area contributed by atoms with Crippen molar-refractivity contribution in [2.75, 3.05) is 18.4 Å². The minimum Gasteiger partial charge on any atom is -0.370 e. The van der Waals surface area contributed by atoms with Crippen LogP contribution in [0.15, 0.2) is 23.0 Å². The number of pyridine rings is 1. The molecule has 0 atom stereocenters. The molecule has 0 unspecified atom stereocenters. The molecule has 0 spiro atoms. The van der Waals surface area contributed by atoms with Gasteiger partial charge in [-0.2, -0.15) is 4.98 Å². The van der Waals surface area contributed by atoms with E-state index in [0.29, 0.717) is 30.2 Å². The van der Waals surface area contributed by atoms with Crippen LogP contribution in [-0.2, 0) is 6.42 Å². The lowest BCUT2D eigenvalue weighted by Gasteiger charge is -2.08. The Hall–Kier alpha value is -2.15. The lowest BCUT2D eigenvalue weighted by molar-refractivity contribution is 0.0953. The van der Waals surface area contributed by atoms with E-state index in [0.717, 1.165) is 13.0 Å². The van der Waals surface area contributed by atoms with Crippen LogP contribution in [0.4, 0.5) is 5.82 Å². The Morgan fingerprint density at radius 3 is 2.95 bits per heavy atom. The molecule has 2 heterocycles. The quantitative estimate of drug-likeness (QED) is 0.759. The molecule has 2 aromatic rings. The lowest BCUT2D eigenvalue weighted by Crippen LogP contribution is -2.26. The Labute approximate surface area is 127 Å². The predicted octanol–water partition coefficient (Wildman–Crippen LogP) is 1.91. The summed E-state index contributed by atoms with van der Waals surface area (Å²) in [4.78, 5) is 20.1. The van der Waals surface area contributed by atoms with Gasteiger partial charge in [-0.15, -0.1) is 0 Å². The van der Waals surface area contributed by atoms with Crippen LogP contribution in [0.3, 0.4) is 0 Å². The van der Waals surface area contributed by atoms with E-state index < -0.39 is 0 Å². The molecule has 0 saturated carbocycles. The van der Waals surface area contributed by atoms with Crippen LogP contribution >= 0.6 is 11.6 Å². The summed E-state index contributed by atoms with van der Waals surface area (Å²) in [6.45, 7) is 3.22. The fraction of sp³-hybridized carbons (Fsp3) is 0.385. The molecule has 112 valence electrons. The number of amides is 1. The van der Waals surface area contributed by atoms with Crippen LogP contribution < -0.4 is 10.6 Å². The molecule has 0 aromatic carbocycles. The number of hydrogen-bond acceptors (Lipinski definition) is 6. The highest BCUT2D eigenvalue weighted by Gasteiger charge is 2.09. The van der Waals surface area contributed by atoms with Gasteiger partial charge in [-0.25, -0.2) is 4.98 Å². The second kappa shape index (κ2) is 7.58. The second-order valence-corrected chi connectivity index (χ2v) is 4.72. The first-order valence-electron chi connectivity index (χ1n) is 6.64. The molecule has 1 amide bonds. The number of carbonyl (C=O) groups excluding carboxylic acids is 1. The molecule has 0 aliphatic rings. The first-order valence-corrected chi connectivity index (χ1v) is 7.02. The van der Waals surface area contributed by atoms with Crippen molar-refractivity contribution in [1.82, 2.24) is 20.4 Å². The maximum Gasteiger partial charge on any atom is 0.251 e. The maximum atomic E-state index is 12.1. The Bertz CT molecular complexity index is 588. The zero-order chi connectivity index (χ0) is 15.1. The van der Waals surface area contributed by atoms with Gasteiger partial charge >= 0.3 is 0 Å². The fourth-order valence-electron chi connectivity index (χ4n) is 1.66.